The summed E-state index contributed by atoms with van der Waals surface area (Å²) in [4.78, 5) is -0.357. The molecule has 0 aliphatic heterocycles. The summed E-state index contributed by atoms with van der Waals surface area (Å²) < 4.78 is 38.6. The standard InChI is InChI=1S/C11H15FN2O2S/c1-3-6-14(2)17(15,16)11-7-9(8-13)4-5-10(11)12/h3-5,7H,1,6,8,13H2,2H3. The van der Waals surface area contributed by atoms with Gasteiger partial charge in [-0.2, -0.15) is 4.31 Å². The van der Waals surface area contributed by atoms with E-state index in [0.29, 0.717) is 5.56 Å². The van der Waals surface area contributed by atoms with Crippen molar-refractivity contribution in [2.75, 3.05) is 13.6 Å². The Kier molecular flexibility index (Phi) is 4.39. The van der Waals surface area contributed by atoms with Gasteiger partial charge < -0.3 is 5.73 Å². The number of benzene rings is 1. The Morgan fingerprint density at radius 1 is 1.53 bits per heavy atom. The highest BCUT2D eigenvalue weighted by atomic mass is 32.2. The fraction of sp³-hybridized carbons (Fsp3) is 0.273. The van der Waals surface area contributed by atoms with E-state index >= 15 is 0 Å². The van der Waals surface area contributed by atoms with Crippen molar-refractivity contribution in [3.63, 3.8) is 0 Å². The second kappa shape index (κ2) is 5.39. The molecule has 1 rings (SSSR count). The summed E-state index contributed by atoms with van der Waals surface area (Å²) in [7, 11) is -2.47. The van der Waals surface area contributed by atoms with Gasteiger partial charge in [0.15, 0.2) is 0 Å². The average molecular weight is 258 g/mol. The number of nitrogens with zero attached hydrogens (tertiary/aromatic N) is 1. The van der Waals surface area contributed by atoms with Crippen LogP contribution in [0.1, 0.15) is 5.56 Å². The molecule has 0 aliphatic rings. The first-order valence-corrected chi connectivity index (χ1v) is 6.43. The van der Waals surface area contributed by atoms with Crippen molar-refractivity contribution in [2.24, 2.45) is 5.73 Å². The molecule has 2 N–H and O–H groups in total. The van der Waals surface area contributed by atoms with Crippen LogP contribution >= 0.6 is 0 Å². The zero-order valence-electron chi connectivity index (χ0n) is 9.56. The van der Waals surface area contributed by atoms with Gasteiger partial charge in [0.2, 0.25) is 10.0 Å². The monoisotopic (exact) mass is 258 g/mol. The maximum absolute atomic E-state index is 13.5. The number of hydrogen-bond donors (Lipinski definition) is 1. The van der Waals surface area contributed by atoms with Crippen LogP contribution in [0.25, 0.3) is 0 Å². The molecule has 0 aromatic heterocycles. The minimum absolute atomic E-state index is 0.120. The van der Waals surface area contributed by atoms with Crippen molar-refractivity contribution >= 4 is 10.0 Å². The Bertz CT molecular complexity index is 514. The molecule has 0 aliphatic carbocycles. The van der Waals surface area contributed by atoms with Crippen LogP contribution < -0.4 is 5.73 Å². The van der Waals surface area contributed by atoms with Gasteiger partial charge in [-0.3, -0.25) is 0 Å². The van der Waals surface area contributed by atoms with Crippen molar-refractivity contribution in [3.8, 4) is 0 Å². The van der Waals surface area contributed by atoms with E-state index < -0.39 is 15.8 Å². The molecule has 0 amide bonds. The van der Waals surface area contributed by atoms with Gasteiger partial charge in [-0.1, -0.05) is 12.1 Å². The smallest absolute Gasteiger partial charge is 0.246 e. The van der Waals surface area contributed by atoms with E-state index in [-0.39, 0.29) is 18.0 Å². The zero-order chi connectivity index (χ0) is 13.1. The van der Waals surface area contributed by atoms with Crippen LogP contribution in [0.4, 0.5) is 4.39 Å². The number of nitrogens with two attached hydrogens (primary N) is 1. The summed E-state index contributed by atoms with van der Waals surface area (Å²) in [6.07, 6.45) is 1.43. The minimum Gasteiger partial charge on any atom is -0.326 e. The molecule has 0 saturated heterocycles. The first kappa shape index (κ1) is 13.8. The Hall–Kier alpha value is -1.24. The molecule has 1 aromatic rings. The SMILES string of the molecule is C=CCN(C)S(=O)(=O)c1cc(CN)ccc1F. The molecule has 17 heavy (non-hydrogen) atoms. The molecule has 94 valence electrons. The predicted octanol–water partition coefficient (Wildman–Crippen LogP) is 1.09. The third kappa shape index (κ3) is 2.91. The third-order valence-electron chi connectivity index (χ3n) is 2.31. The average Bonchev–Trinajstić information content (AvgIpc) is 2.29. The summed E-state index contributed by atoms with van der Waals surface area (Å²) >= 11 is 0. The number of likely N-dealkylation sites (N-methyl/N-ethyl adjacent to an activating group) is 1. The van der Waals surface area contributed by atoms with Crippen molar-refractivity contribution in [3.05, 3.63) is 42.2 Å². The number of rotatable bonds is 5. The van der Waals surface area contributed by atoms with Crippen molar-refractivity contribution in [1.29, 1.82) is 0 Å². The van der Waals surface area contributed by atoms with Gasteiger partial charge in [-0.25, -0.2) is 12.8 Å². The van der Waals surface area contributed by atoms with E-state index in [1.807, 2.05) is 0 Å². The Morgan fingerprint density at radius 3 is 2.71 bits per heavy atom. The topological polar surface area (TPSA) is 63.4 Å². The minimum atomic E-state index is -3.83. The van der Waals surface area contributed by atoms with E-state index in [1.165, 1.54) is 25.3 Å². The Labute approximate surface area is 101 Å². The van der Waals surface area contributed by atoms with E-state index in [4.69, 9.17) is 5.73 Å². The highest BCUT2D eigenvalue weighted by Gasteiger charge is 2.23. The zero-order valence-corrected chi connectivity index (χ0v) is 10.4. The lowest BCUT2D eigenvalue weighted by Gasteiger charge is -2.16. The van der Waals surface area contributed by atoms with Crippen molar-refractivity contribution < 1.29 is 12.8 Å². The van der Waals surface area contributed by atoms with E-state index in [9.17, 15) is 12.8 Å². The van der Waals surface area contributed by atoms with Gasteiger partial charge in [0.1, 0.15) is 10.7 Å². The normalized spacial score (nSPS) is 11.8. The van der Waals surface area contributed by atoms with E-state index in [0.717, 1.165) is 10.4 Å². The van der Waals surface area contributed by atoms with Gasteiger partial charge in [0.25, 0.3) is 0 Å². The molecule has 0 spiro atoms. The molecule has 6 heteroatoms. The number of hydrogen-bond acceptors (Lipinski definition) is 3. The molecule has 0 heterocycles. The molecule has 0 saturated carbocycles. The maximum Gasteiger partial charge on any atom is 0.246 e. The van der Waals surface area contributed by atoms with Crippen LogP contribution in [0.15, 0.2) is 35.7 Å². The second-order valence-corrected chi connectivity index (χ2v) is 5.56. The van der Waals surface area contributed by atoms with Crippen LogP contribution in [0.3, 0.4) is 0 Å². The van der Waals surface area contributed by atoms with Crippen molar-refractivity contribution in [2.45, 2.75) is 11.4 Å². The van der Waals surface area contributed by atoms with Crippen LogP contribution in [-0.2, 0) is 16.6 Å². The third-order valence-corrected chi connectivity index (χ3v) is 4.14. The molecular formula is C11H15FN2O2S. The van der Waals surface area contributed by atoms with Crippen LogP contribution in [-0.4, -0.2) is 26.3 Å². The first-order chi connectivity index (χ1) is 7.93. The van der Waals surface area contributed by atoms with Gasteiger partial charge >= 0.3 is 0 Å². The van der Waals surface area contributed by atoms with Gasteiger partial charge in [-0.05, 0) is 17.7 Å². The summed E-state index contributed by atoms with van der Waals surface area (Å²) in [5, 5.41) is 0. The molecule has 0 bridgehead atoms. The first-order valence-electron chi connectivity index (χ1n) is 4.99. The fourth-order valence-corrected chi connectivity index (χ4v) is 2.57. The predicted molar refractivity (Wildman–Crippen MR) is 64.3 cm³/mol. The highest BCUT2D eigenvalue weighted by molar-refractivity contribution is 7.89. The van der Waals surface area contributed by atoms with Gasteiger partial charge in [-0.15, -0.1) is 6.58 Å². The Balaban J connectivity index is 3.27. The molecule has 0 fully saturated rings. The van der Waals surface area contributed by atoms with Gasteiger partial charge in [0, 0.05) is 20.1 Å². The molecule has 0 radical (unpaired) electrons. The second-order valence-electron chi connectivity index (χ2n) is 3.54. The van der Waals surface area contributed by atoms with Gasteiger partial charge in [0.05, 0.1) is 0 Å². The molecule has 4 nitrogen and oxygen atoms in total. The number of sulfonamides is 1. The largest absolute Gasteiger partial charge is 0.326 e. The number of halogens is 1. The molecule has 1 aromatic carbocycles. The highest BCUT2D eigenvalue weighted by Crippen LogP contribution is 2.19. The van der Waals surface area contributed by atoms with Crippen LogP contribution in [0.2, 0.25) is 0 Å². The maximum atomic E-state index is 13.5. The van der Waals surface area contributed by atoms with Crippen LogP contribution in [0, 0.1) is 5.82 Å². The van der Waals surface area contributed by atoms with E-state index in [2.05, 4.69) is 6.58 Å². The summed E-state index contributed by atoms with van der Waals surface area (Å²) in [6.45, 7) is 3.72. The summed E-state index contributed by atoms with van der Waals surface area (Å²) in [5.74, 6) is -0.780. The summed E-state index contributed by atoms with van der Waals surface area (Å²) in [6, 6.07) is 3.82. The quantitative estimate of drug-likeness (QED) is 0.804. The molecular weight excluding hydrogens is 243 g/mol. The molecule has 0 unspecified atom stereocenters. The van der Waals surface area contributed by atoms with Crippen LogP contribution in [0.5, 0.6) is 0 Å². The fourth-order valence-electron chi connectivity index (χ4n) is 1.32. The lowest BCUT2D eigenvalue weighted by atomic mass is 10.2. The van der Waals surface area contributed by atoms with Crippen molar-refractivity contribution in [1.82, 2.24) is 4.31 Å². The van der Waals surface area contributed by atoms with E-state index in [1.54, 1.807) is 0 Å². The lowest BCUT2D eigenvalue weighted by molar-refractivity contribution is 0.489. The lowest BCUT2D eigenvalue weighted by Crippen LogP contribution is -2.28. The summed E-state index contributed by atoms with van der Waals surface area (Å²) in [5.41, 5.74) is 5.97. The Morgan fingerprint density at radius 2 is 2.18 bits per heavy atom. The molecule has 0 atom stereocenters.